The molecule has 6 rings (SSSR count). The van der Waals surface area contributed by atoms with E-state index in [-0.39, 0.29) is 30.3 Å². The van der Waals surface area contributed by atoms with Crippen LogP contribution in [-0.4, -0.2) is 57.4 Å². The van der Waals surface area contributed by atoms with Crippen LogP contribution in [0.1, 0.15) is 41.1 Å². The highest BCUT2D eigenvalue weighted by atomic mass is 32.2. The SMILES string of the molecule is O=S(=O)(NCc1cccc(-c2ccc([C@@H]3O[C@H](CN4CCOCC4)C[C@H](c4ccc(CO)cc4)O3)cc2)c1)c1ccccc1. The van der Waals surface area contributed by atoms with Crippen molar-refractivity contribution in [3.63, 3.8) is 0 Å². The van der Waals surface area contributed by atoms with E-state index in [0.29, 0.717) is 0 Å². The molecule has 44 heavy (non-hydrogen) atoms. The van der Waals surface area contributed by atoms with Gasteiger partial charge in [-0.2, -0.15) is 0 Å². The number of aliphatic hydroxyl groups excluding tert-OH is 1. The van der Waals surface area contributed by atoms with Gasteiger partial charge < -0.3 is 19.3 Å². The van der Waals surface area contributed by atoms with Crippen LogP contribution in [-0.2, 0) is 37.4 Å². The summed E-state index contributed by atoms with van der Waals surface area (Å²) in [7, 11) is -3.59. The van der Waals surface area contributed by atoms with E-state index >= 15 is 0 Å². The first-order valence-corrected chi connectivity index (χ1v) is 16.5. The number of benzene rings is 4. The molecule has 0 saturated carbocycles. The fourth-order valence-corrected chi connectivity index (χ4v) is 6.70. The normalized spacial score (nSPS) is 21.2. The first-order chi connectivity index (χ1) is 21.5. The number of nitrogens with zero attached hydrogens (tertiary/aromatic N) is 1. The van der Waals surface area contributed by atoms with Crippen molar-refractivity contribution in [1.82, 2.24) is 9.62 Å². The molecule has 9 heteroatoms. The van der Waals surface area contributed by atoms with Crippen LogP contribution in [0.15, 0.2) is 108 Å². The minimum absolute atomic E-state index is 0.00890. The van der Waals surface area contributed by atoms with Crippen LogP contribution in [0.4, 0.5) is 0 Å². The third-order valence-corrected chi connectivity index (χ3v) is 9.56. The number of aliphatic hydroxyl groups is 1. The lowest BCUT2D eigenvalue weighted by molar-refractivity contribution is -0.253. The van der Waals surface area contributed by atoms with Crippen LogP contribution in [0.3, 0.4) is 0 Å². The molecule has 2 N–H and O–H groups in total. The number of ether oxygens (including phenoxy) is 3. The van der Waals surface area contributed by atoms with Crippen LogP contribution in [0.25, 0.3) is 11.1 Å². The van der Waals surface area contributed by atoms with Gasteiger partial charge in [0.05, 0.1) is 36.9 Å². The summed E-state index contributed by atoms with van der Waals surface area (Å²) < 4.78 is 46.6. The summed E-state index contributed by atoms with van der Waals surface area (Å²) in [5.74, 6) is 0. The summed E-state index contributed by atoms with van der Waals surface area (Å²) in [4.78, 5) is 2.63. The zero-order chi connectivity index (χ0) is 30.4. The van der Waals surface area contributed by atoms with E-state index < -0.39 is 16.3 Å². The van der Waals surface area contributed by atoms with E-state index in [0.717, 1.165) is 72.6 Å². The van der Waals surface area contributed by atoms with Crippen molar-refractivity contribution < 1.29 is 27.7 Å². The molecule has 2 heterocycles. The Balaban J connectivity index is 1.16. The van der Waals surface area contributed by atoms with Crippen molar-refractivity contribution in [1.29, 1.82) is 0 Å². The predicted molar refractivity (Wildman–Crippen MR) is 168 cm³/mol. The lowest BCUT2D eigenvalue weighted by Crippen LogP contribution is -2.44. The van der Waals surface area contributed by atoms with Gasteiger partial charge in [-0.1, -0.05) is 84.9 Å². The fourth-order valence-electron chi connectivity index (χ4n) is 5.66. The largest absolute Gasteiger partial charge is 0.392 e. The van der Waals surface area contributed by atoms with Crippen LogP contribution in [0.2, 0.25) is 0 Å². The van der Waals surface area contributed by atoms with Crippen LogP contribution in [0.5, 0.6) is 0 Å². The Hall–Kier alpha value is -3.41. The molecule has 0 amide bonds. The van der Waals surface area contributed by atoms with Crippen LogP contribution < -0.4 is 4.72 Å². The second kappa shape index (κ2) is 14.1. The Kier molecular flexibility index (Phi) is 9.83. The van der Waals surface area contributed by atoms with E-state index in [4.69, 9.17) is 14.2 Å². The van der Waals surface area contributed by atoms with Gasteiger partial charge >= 0.3 is 0 Å². The van der Waals surface area contributed by atoms with Crippen LogP contribution in [0, 0.1) is 0 Å². The van der Waals surface area contributed by atoms with Crippen molar-refractivity contribution in [2.45, 2.75) is 43.0 Å². The quantitative estimate of drug-likeness (QED) is 0.253. The van der Waals surface area contributed by atoms with Gasteiger partial charge in [-0.15, -0.1) is 0 Å². The maximum atomic E-state index is 12.7. The number of rotatable bonds is 10. The zero-order valence-electron chi connectivity index (χ0n) is 24.5. The Morgan fingerprint density at radius 2 is 1.50 bits per heavy atom. The van der Waals surface area contributed by atoms with Crippen molar-refractivity contribution in [3.8, 4) is 11.1 Å². The zero-order valence-corrected chi connectivity index (χ0v) is 25.4. The van der Waals surface area contributed by atoms with E-state index in [1.165, 1.54) is 0 Å². The number of hydrogen-bond acceptors (Lipinski definition) is 7. The average molecular weight is 615 g/mol. The van der Waals surface area contributed by atoms with Crippen molar-refractivity contribution in [3.05, 3.63) is 125 Å². The summed E-state index contributed by atoms with van der Waals surface area (Å²) in [6.07, 6.45) is 0.0737. The molecule has 3 atom stereocenters. The Labute approximate surface area is 259 Å². The molecule has 0 aromatic heterocycles. The van der Waals surface area contributed by atoms with E-state index in [9.17, 15) is 13.5 Å². The van der Waals surface area contributed by atoms with E-state index in [1.54, 1.807) is 30.3 Å². The van der Waals surface area contributed by atoms with Gasteiger partial charge in [0, 0.05) is 38.2 Å². The monoisotopic (exact) mass is 614 g/mol. The minimum atomic E-state index is -3.59. The molecule has 0 aliphatic carbocycles. The molecule has 8 nitrogen and oxygen atoms in total. The molecule has 2 aliphatic rings. The minimum Gasteiger partial charge on any atom is -0.392 e. The summed E-state index contributed by atoms with van der Waals surface area (Å²) in [6.45, 7) is 4.27. The summed E-state index contributed by atoms with van der Waals surface area (Å²) in [6, 6.07) is 32.3. The maximum Gasteiger partial charge on any atom is 0.240 e. The lowest BCUT2D eigenvalue weighted by Gasteiger charge is -2.39. The highest BCUT2D eigenvalue weighted by Crippen LogP contribution is 2.38. The number of hydrogen-bond donors (Lipinski definition) is 2. The molecule has 0 bridgehead atoms. The van der Waals surface area contributed by atoms with Crippen molar-refractivity contribution in [2.75, 3.05) is 32.8 Å². The predicted octanol–water partition coefficient (Wildman–Crippen LogP) is 5.20. The third kappa shape index (κ3) is 7.62. The van der Waals surface area contributed by atoms with Crippen molar-refractivity contribution in [2.24, 2.45) is 0 Å². The van der Waals surface area contributed by atoms with Gasteiger partial charge in [-0.05, 0) is 46.0 Å². The Bertz CT molecular complexity index is 1610. The first-order valence-electron chi connectivity index (χ1n) is 15.0. The number of morpholine rings is 1. The van der Waals surface area contributed by atoms with Gasteiger partial charge in [-0.3, -0.25) is 4.90 Å². The maximum absolute atomic E-state index is 12.7. The topological polar surface area (TPSA) is 97.3 Å². The van der Waals surface area contributed by atoms with Gasteiger partial charge in [0.1, 0.15) is 0 Å². The Morgan fingerprint density at radius 3 is 2.23 bits per heavy atom. The molecule has 0 radical (unpaired) electrons. The second-order valence-corrected chi connectivity index (χ2v) is 13.0. The first kappa shape index (κ1) is 30.6. The summed E-state index contributed by atoms with van der Waals surface area (Å²) in [5, 5.41) is 9.48. The highest BCUT2D eigenvalue weighted by Gasteiger charge is 2.33. The standard InChI is InChI=1S/C35H38N2O6S/c38-25-26-9-11-29(12-10-26)34-22-32(24-37-17-19-41-20-18-37)42-35(43-34)30-15-13-28(14-16-30)31-6-4-5-27(21-31)23-36-44(39,40)33-7-2-1-3-8-33/h1-16,21,32,34-36,38H,17-20,22-25H2/t32-,34+,35+/m0/s1. The van der Waals surface area contributed by atoms with E-state index in [1.807, 2.05) is 72.8 Å². The molecule has 0 spiro atoms. The highest BCUT2D eigenvalue weighted by molar-refractivity contribution is 7.89. The van der Waals surface area contributed by atoms with E-state index in [2.05, 4.69) is 9.62 Å². The third-order valence-electron chi connectivity index (χ3n) is 8.14. The summed E-state index contributed by atoms with van der Waals surface area (Å²) in [5.41, 5.74) is 5.74. The smallest absolute Gasteiger partial charge is 0.240 e. The number of sulfonamides is 1. The Morgan fingerprint density at radius 1 is 0.773 bits per heavy atom. The number of nitrogens with one attached hydrogen (secondary N) is 1. The molecule has 230 valence electrons. The lowest BCUT2D eigenvalue weighted by atomic mass is 9.99. The summed E-state index contributed by atoms with van der Waals surface area (Å²) >= 11 is 0. The molecule has 4 aromatic carbocycles. The van der Waals surface area contributed by atoms with Crippen LogP contribution >= 0.6 is 0 Å². The fraction of sp³-hybridized carbons (Fsp3) is 0.314. The molecule has 2 saturated heterocycles. The molecule has 2 aliphatic heterocycles. The average Bonchev–Trinajstić information content (AvgIpc) is 3.08. The molecular weight excluding hydrogens is 576 g/mol. The molecule has 0 unspecified atom stereocenters. The van der Waals surface area contributed by atoms with Crippen molar-refractivity contribution >= 4 is 10.0 Å². The van der Waals surface area contributed by atoms with Gasteiger partial charge in [0.25, 0.3) is 0 Å². The second-order valence-electron chi connectivity index (χ2n) is 11.2. The van der Waals surface area contributed by atoms with Gasteiger partial charge in [0.15, 0.2) is 6.29 Å². The molecule has 2 fully saturated rings. The molecule has 4 aromatic rings. The van der Waals surface area contributed by atoms with Gasteiger partial charge in [0.2, 0.25) is 10.0 Å². The molecular formula is C35H38N2O6S. The van der Waals surface area contributed by atoms with Gasteiger partial charge in [-0.25, -0.2) is 13.1 Å².